The number of anilines is 1. The highest BCUT2D eigenvalue weighted by atomic mass is 16.5. The van der Waals surface area contributed by atoms with Crippen LogP contribution in [0.4, 0.5) is 10.6 Å². The lowest BCUT2D eigenvalue weighted by molar-refractivity contribution is 0.114. The first kappa shape index (κ1) is 18.9. The fraction of sp³-hybridized carbons (Fsp3) is 0.750. The summed E-state index contributed by atoms with van der Waals surface area (Å²) in [4.78, 5) is 27.4. The van der Waals surface area contributed by atoms with Gasteiger partial charge in [0, 0.05) is 31.2 Å². The molecule has 2 N–H and O–H groups in total. The van der Waals surface area contributed by atoms with Crippen molar-refractivity contribution in [1.82, 2.24) is 25.1 Å². The van der Waals surface area contributed by atoms with Gasteiger partial charge in [-0.1, -0.05) is 0 Å². The Bertz CT molecular complexity index is 776. The van der Waals surface area contributed by atoms with Crippen LogP contribution in [-0.4, -0.2) is 88.9 Å². The van der Waals surface area contributed by atoms with Crippen molar-refractivity contribution in [2.45, 2.75) is 56.8 Å². The molecular formula is C20H30N6O3. The molecule has 1 aromatic rings. The molecule has 0 aromatic carbocycles. The van der Waals surface area contributed by atoms with Crippen molar-refractivity contribution >= 4 is 11.9 Å². The molecule has 9 heteroatoms. The molecule has 1 aromatic heterocycles. The van der Waals surface area contributed by atoms with Crippen molar-refractivity contribution in [2.24, 2.45) is 0 Å². The van der Waals surface area contributed by atoms with Gasteiger partial charge in [0.1, 0.15) is 12.4 Å². The minimum absolute atomic E-state index is 0.0510. The number of ether oxygens (including phenoxy) is 1. The van der Waals surface area contributed by atoms with Crippen molar-refractivity contribution in [1.29, 1.82) is 0 Å². The Morgan fingerprint density at radius 2 is 2.03 bits per heavy atom. The number of piperazine rings is 1. The molecule has 0 unspecified atom stereocenters. The minimum Gasteiger partial charge on any atom is -0.465 e. The van der Waals surface area contributed by atoms with Crippen LogP contribution in [-0.2, 0) is 13.0 Å². The van der Waals surface area contributed by atoms with Gasteiger partial charge in [-0.2, -0.15) is 9.97 Å². The maximum Gasteiger partial charge on any atom is 0.407 e. The summed E-state index contributed by atoms with van der Waals surface area (Å²) >= 11 is 0. The smallest absolute Gasteiger partial charge is 0.407 e. The van der Waals surface area contributed by atoms with Crippen LogP contribution in [0.2, 0.25) is 0 Å². The van der Waals surface area contributed by atoms with Crippen molar-refractivity contribution < 1.29 is 14.6 Å². The SMILES string of the molecule is CN1CCC[C@H]1COc1nc2c(c(N3C[C@@H]4CC[C@@H](C3)N4C(=O)O)n1)CCNC2. The molecule has 3 atom stereocenters. The Labute approximate surface area is 171 Å². The molecule has 0 aliphatic carbocycles. The number of likely N-dealkylation sites (N-methyl/N-ethyl adjacent to an activating group) is 1. The highest BCUT2D eigenvalue weighted by molar-refractivity contribution is 5.67. The minimum atomic E-state index is -0.796. The molecule has 5 rings (SSSR count). The molecule has 5 heterocycles. The average molecular weight is 402 g/mol. The van der Waals surface area contributed by atoms with E-state index in [0.717, 1.165) is 56.8 Å². The van der Waals surface area contributed by atoms with Gasteiger partial charge in [-0.3, -0.25) is 4.90 Å². The van der Waals surface area contributed by atoms with Crippen molar-refractivity contribution in [3.8, 4) is 6.01 Å². The van der Waals surface area contributed by atoms with Gasteiger partial charge in [0.25, 0.3) is 0 Å². The predicted octanol–water partition coefficient (Wildman–Crippen LogP) is 0.926. The van der Waals surface area contributed by atoms with Crippen LogP contribution in [0.1, 0.15) is 36.9 Å². The number of nitrogens with one attached hydrogen (secondary N) is 1. The average Bonchev–Trinajstić information content (AvgIpc) is 3.25. The van der Waals surface area contributed by atoms with Gasteiger partial charge < -0.3 is 25.0 Å². The van der Waals surface area contributed by atoms with Crippen LogP contribution in [0.5, 0.6) is 6.01 Å². The Morgan fingerprint density at radius 3 is 2.72 bits per heavy atom. The Hall–Kier alpha value is -2.13. The summed E-state index contributed by atoms with van der Waals surface area (Å²) in [7, 11) is 2.14. The highest BCUT2D eigenvalue weighted by Crippen LogP contribution is 2.35. The van der Waals surface area contributed by atoms with Crippen LogP contribution in [0.3, 0.4) is 0 Å². The maximum absolute atomic E-state index is 11.6. The number of amides is 1. The zero-order chi connectivity index (χ0) is 20.0. The van der Waals surface area contributed by atoms with E-state index in [-0.39, 0.29) is 12.1 Å². The summed E-state index contributed by atoms with van der Waals surface area (Å²) < 4.78 is 6.06. The Morgan fingerprint density at radius 1 is 1.24 bits per heavy atom. The summed E-state index contributed by atoms with van der Waals surface area (Å²) in [6.07, 6.45) is 4.32. The lowest BCUT2D eigenvalue weighted by atomic mass is 10.1. The van der Waals surface area contributed by atoms with Gasteiger partial charge >= 0.3 is 12.1 Å². The highest BCUT2D eigenvalue weighted by Gasteiger charge is 2.43. The van der Waals surface area contributed by atoms with Crippen LogP contribution in [0, 0.1) is 0 Å². The molecule has 158 valence electrons. The number of carboxylic acid groups (broad SMARTS) is 1. The molecule has 4 aliphatic heterocycles. The first-order valence-electron chi connectivity index (χ1n) is 10.8. The van der Waals surface area contributed by atoms with Crippen LogP contribution >= 0.6 is 0 Å². The van der Waals surface area contributed by atoms with E-state index in [9.17, 15) is 9.90 Å². The summed E-state index contributed by atoms with van der Waals surface area (Å²) in [6.45, 7) is 4.77. The number of aromatic nitrogens is 2. The molecule has 3 saturated heterocycles. The number of rotatable bonds is 4. The van der Waals surface area contributed by atoms with Gasteiger partial charge in [-0.25, -0.2) is 4.79 Å². The first-order valence-corrected chi connectivity index (χ1v) is 10.8. The van der Waals surface area contributed by atoms with Crippen molar-refractivity contribution in [3.05, 3.63) is 11.3 Å². The van der Waals surface area contributed by atoms with E-state index in [2.05, 4.69) is 22.2 Å². The summed E-state index contributed by atoms with van der Waals surface area (Å²) in [5, 5.41) is 13.0. The number of hydrogen-bond donors (Lipinski definition) is 2. The number of nitrogens with zero attached hydrogens (tertiary/aromatic N) is 5. The Balaban J connectivity index is 1.39. The second-order valence-electron chi connectivity index (χ2n) is 8.75. The van der Waals surface area contributed by atoms with E-state index in [1.807, 2.05) is 0 Å². The molecule has 0 radical (unpaired) electrons. The summed E-state index contributed by atoms with van der Waals surface area (Å²) in [5.74, 6) is 0.952. The summed E-state index contributed by atoms with van der Waals surface area (Å²) in [6, 6.07) is 0.979. The molecule has 3 fully saturated rings. The van der Waals surface area contributed by atoms with Gasteiger partial charge in [0.05, 0.1) is 17.8 Å². The summed E-state index contributed by atoms with van der Waals surface area (Å²) in [5.41, 5.74) is 2.21. The quantitative estimate of drug-likeness (QED) is 0.768. The molecule has 1 amide bonds. The number of likely N-dealkylation sites (tertiary alicyclic amines) is 1. The molecule has 4 aliphatic rings. The van der Waals surface area contributed by atoms with Crippen molar-refractivity contribution in [3.63, 3.8) is 0 Å². The van der Waals surface area contributed by atoms with Gasteiger partial charge in [0.15, 0.2) is 0 Å². The predicted molar refractivity (Wildman–Crippen MR) is 107 cm³/mol. The second kappa shape index (κ2) is 7.60. The fourth-order valence-electron chi connectivity index (χ4n) is 5.39. The lowest BCUT2D eigenvalue weighted by Crippen LogP contribution is -2.56. The van der Waals surface area contributed by atoms with Crippen LogP contribution in [0.15, 0.2) is 0 Å². The topological polar surface area (TPSA) is 94.1 Å². The molecule has 0 spiro atoms. The largest absolute Gasteiger partial charge is 0.465 e. The number of carbonyl (C=O) groups is 1. The lowest BCUT2D eigenvalue weighted by Gasteiger charge is -2.41. The Kier molecular flexibility index (Phi) is 4.95. The molecule has 0 saturated carbocycles. The second-order valence-corrected chi connectivity index (χ2v) is 8.75. The van der Waals surface area contributed by atoms with E-state index in [0.29, 0.717) is 31.7 Å². The normalized spacial score (nSPS) is 29.2. The van der Waals surface area contributed by atoms with E-state index in [1.54, 1.807) is 4.90 Å². The molecular weight excluding hydrogens is 372 g/mol. The fourth-order valence-corrected chi connectivity index (χ4v) is 5.39. The third-order valence-electron chi connectivity index (χ3n) is 6.97. The van der Waals surface area contributed by atoms with Crippen LogP contribution in [0.25, 0.3) is 0 Å². The third-order valence-corrected chi connectivity index (χ3v) is 6.97. The number of fused-ring (bicyclic) bond motifs is 3. The molecule has 29 heavy (non-hydrogen) atoms. The zero-order valence-corrected chi connectivity index (χ0v) is 17.0. The monoisotopic (exact) mass is 402 g/mol. The van der Waals surface area contributed by atoms with E-state index < -0.39 is 6.09 Å². The first-order chi connectivity index (χ1) is 14.1. The molecule has 9 nitrogen and oxygen atoms in total. The standard InChI is InChI=1S/C20H30N6O3/c1-24-8-2-3-15(24)12-29-19-22-17-9-21-7-6-16(17)18(23-19)25-10-13-4-5-14(11-25)26(13)20(27)28/h13-15,21H,2-12H2,1H3,(H,27,28)/t13-,14-,15-/m0/s1. The van der Waals surface area contributed by atoms with Gasteiger partial charge in [0.2, 0.25) is 0 Å². The van der Waals surface area contributed by atoms with Crippen molar-refractivity contribution in [2.75, 3.05) is 44.7 Å². The van der Waals surface area contributed by atoms with Crippen LogP contribution < -0.4 is 15.0 Å². The van der Waals surface area contributed by atoms with Gasteiger partial charge in [-0.05, 0) is 52.2 Å². The number of hydrogen-bond acceptors (Lipinski definition) is 7. The third kappa shape index (κ3) is 3.50. The van der Waals surface area contributed by atoms with E-state index in [4.69, 9.17) is 14.7 Å². The van der Waals surface area contributed by atoms with E-state index >= 15 is 0 Å². The molecule has 2 bridgehead atoms. The van der Waals surface area contributed by atoms with E-state index in [1.165, 1.54) is 12.0 Å². The van der Waals surface area contributed by atoms with Gasteiger partial charge in [-0.15, -0.1) is 0 Å². The zero-order valence-electron chi connectivity index (χ0n) is 17.0. The maximum atomic E-state index is 11.6.